The fraction of sp³-hybridized carbons (Fsp3) is 0.571. The lowest BCUT2D eigenvalue weighted by molar-refractivity contribution is 0.208. The van der Waals surface area contributed by atoms with Gasteiger partial charge in [0.2, 0.25) is 10.0 Å². The van der Waals surface area contributed by atoms with Crippen LogP contribution in [0.15, 0.2) is 23.1 Å². The third kappa shape index (κ3) is 4.32. The maximum absolute atomic E-state index is 12.4. The summed E-state index contributed by atoms with van der Waals surface area (Å²) in [4.78, 5) is 2.42. The molecule has 0 amide bonds. The van der Waals surface area contributed by atoms with Gasteiger partial charge in [0.15, 0.2) is 0 Å². The summed E-state index contributed by atoms with van der Waals surface area (Å²) in [5.74, 6) is 0. The first-order chi connectivity index (χ1) is 9.92. The Morgan fingerprint density at radius 1 is 1.38 bits per heavy atom. The predicted molar refractivity (Wildman–Crippen MR) is 85.9 cm³/mol. The highest BCUT2D eigenvalue weighted by Crippen LogP contribution is 2.24. The number of likely N-dealkylation sites (tertiary alicyclic amines) is 1. The Bertz CT molecular complexity index is 584. The molecule has 3 N–H and O–H groups in total. The van der Waals surface area contributed by atoms with Crippen LogP contribution in [-0.2, 0) is 10.0 Å². The van der Waals surface area contributed by atoms with Crippen LogP contribution in [0.5, 0.6) is 0 Å². The molecule has 0 radical (unpaired) electrons. The van der Waals surface area contributed by atoms with Crippen LogP contribution in [0.2, 0.25) is 5.02 Å². The average Bonchev–Trinajstić information content (AvgIpc) is 2.43. The van der Waals surface area contributed by atoms with E-state index >= 15 is 0 Å². The van der Waals surface area contributed by atoms with E-state index in [1.54, 1.807) is 6.07 Å². The molecule has 1 aliphatic heterocycles. The monoisotopic (exact) mass is 331 g/mol. The summed E-state index contributed by atoms with van der Waals surface area (Å²) in [5.41, 5.74) is 6.04. The normalized spacial score (nSPS) is 18.0. The highest BCUT2D eigenvalue weighted by atomic mass is 35.5. The number of piperidine rings is 1. The highest BCUT2D eigenvalue weighted by Gasteiger charge is 2.25. The van der Waals surface area contributed by atoms with Gasteiger partial charge in [0, 0.05) is 11.7 Å². The van der Waals surface area contributed by atoms with E-state index in [2.05, 4.69) is 16.5 Å². The zero-order chi connectivity index (χ0) is 15.5. The SMILES string of the molecule is CCCN1CCC(NS(=O)(=O)c2cc(N)ccc2Cl)CC1. The summed E-state index contributed by atoms with van der Waals surface area (Å²) in [7, 11) is -3.62. The van der Waals surface area contributed by atoms with Crippen LogP contribution in [0.25, 0.3) is 0 Å². The number of nitrogens with one attached hydrogen (secondary N) is 1. The molecule has 0 unspecified atom stereocenters. The van der Waals surface area contributed by atoms with Crippen LogP contribution in [0, 0.1) is 0 Å². The molecular formula is C14H22ClN3O2S. The minimum Gasteiger partial charge on any atom is -0.399 e. The van der Waals surface area contributed by atoms with Gasteiger partial charge in [-0.05, 0) is 57.1 Å². The van der Waals surface area contributed by atoms with Gasteiger partial charge in [-0.25, -0.2) is 13.1 Å². The molecule has 1 heterocycles. The average molecular weight is 332 g/mol. The molecule has 0 aromatic heterocycles. The van der Waals surface area contributed by atoms with Gasteiger partial charge in [-0.3, -0.25) is 0 Å². The van der Waals surface area contributed by atoms with E-state index in [0.717, 1.165) is 38.9 Å². The van der Waals surface area contributed by atoms with Crippen LogP contribution >= 0.6 is 11.6 Å². The molecular weight excluding hydrogens is 310 g/mol. The van der Waals surface area contributed by atoms with Crippen molar-refractivity contribution in [3.05, 3.63) is 23.2 Å². The summed E-state index contributed by atoms with van der Waals surface area (Å²) in [6.07, 6.45) is 2.76. The molecule has 1 aromatic carbocycles. The van der Waals surface area contributed by atoms with Crippen LogP contribution < -0.4 is 10.5 Å². The Morgan fingerprint density at radius 2 is 2.05 bits per heavy atom. The van der Waals surface area contributed by atoms with Crippen molar-refractivity contribution in [1.29, 1.82) is 0 Å². The van der Waals surface area contributed by atoms with Gasteiger partial charge in [0.1, 0.15) is 4.90 Å². The van der Waals surface area contributed by atoms with Crippen molar-refractivity contribution in [2.24, 2.45) is 0 Å². The topological polar surface area (TPSA) is 75.4 Å². The fourth-order valence-corrected chi connectivity index (χ4v) is 4.44. The van der Waals surface area contributed by atoms with Crippen LogP contribution in [-0.4, -0.2) is 39.0 Å². The van der Waals surface area contributed by atoms with Crippen molar-refractivity contribution in [2.45, 2.75) is 37.1 Å². The first kappa shape index (κ1) is 16.5. The van der Waals surface area contributed by atoms with Gasteiger partial charge in [0.25, 0.3) is 0 Å². The Kier molecular flexibility index (Phi) is 5.48. The predicted octanol–water partition coefficient (Wildman–Crippen LogP) is 2.07. The molecule has 1 aromatic rings. The zero-order valence-electron chi connectivity index (χ0n) is 12.2. The fourth-order valence-electron chi connectivity index (χ4n) is 2.60. The molecule has 7 heteroatoms. The second kappa shape index (κ2) is 6.96. The van der Waals surface area contributed by atoms with Crippen LogP contribution in [0.1, 0.15) is 26.2 Å². The molecule has 2 rings (SSSR count). The number of anilines is 1. The minimum absolute atomic E-state index is 0.0411. The number of sulfonamides is 1. The van der Waals surface area contributed by atoms with Crippen molar-refractivity contribution >= 4 is 27.3 Å². The number of benzene rings is 1. The second-order valence-electron chi connectivity index (χ2n) is 5.43. The van der Waals surface area contributed by atoms with E-state index in [4.69, 9.17) is 17.3 Å². The molecule has 1 saturated heterocycles. The molecule has 0 spiro atoms. The number of rotatable bonds is 5. The van der Waals surface area contributed by atoms with Gasteiger partial charge in [0.05, 0.1) is 5.02 Å². The number of halogens is 1. The molecule has 0 atom stereocenters. The molecule has 1 aliphatic rings. The first-order valence-electron chi connectivity index (χ1n) is 7.22. The third-order valence-electron chi connectivity index (χ3n) is 3.69. The van der Waals surface area contributed by atoms with Gasteiger partial charge < -0.3 is 10.6 Å². The standard InChI is InChI=1S/C14H22ClN3O2S/c1-2-7-18-8-5-12(6-9-18)17-21(19,20)14-10-11(16)3-4-13(14)15/h3-4,10,12,17H,2,5-9,16H2,1H3. The number of nitrogen functional groups attached to an aromatic ring is 1. The van der Waals surface area contributed by atoms with E-state index in [-0.39, 0.29) is 16.0 Å². The third-order valence-corrected chi connectivity index (χ3v) is 5.70. The van der Waals surface area contributed by atoms with E-state index in [9.17, 15) is 8.42 Å². The van der Waals surface area contributed by atoms with E-state index in [1.807, 2.05) is 0 Å². The summed E-state index contributed by atoms with van der Waals surface area (Å²) in [6, 6.07) is 4.46. The lowest BCUT2D eigenvalue weighted by Gasteiger charge is -2.31. The van der Waals surface area contributed by atoms with Crippen LogP contribution in [0.3, 0.4) is 0 Å². The number of nitrogens with zero attached hydrogens (tertiary/aromatic N) is 1. The maximum Gasteiger partial charge on any atom is 0.242 e. The quantitative estimate of drug-likeness (QED) is 0.810. The number of nitrogens with two attached hydrogens (primary N) is 1. The highest BCUT2D eigenvalue weighted by molar-refractivity contribution is 7.89. The van der Waals surface area contributed by atoms with Crippen LogP contribution in [0.4, 0.5) is 5.69 Å². The Balaban J connectivity index is 2.04. The molecule has 1 fully saturated rings. The number of hydrogen-bond acceptors (Lipinski definition) is 4. The summed E-state index contributed by atoms with van der Waals surface area (Å²) < 4.78 is 27.6. The Hall–Kier alpha value is -0.820. The lowest BCUT2D eigenvalue weighted by atomic mass is 10.1. The molecule has 118 valence electrons. The lowest BCUT2D eigenvalue weighted by Crippen LogP contribution is -2.44. The maximum atomic E-state index is 12.4. The van der Waals surface area contributed by atoms with Gasteiger partial charge in [-0.2, -0.15) is 0 Å². The first-order valence-corrected chi connectivity index (χ1v) is 9.08. The summed E-state index contributed by atoms with van der Waals surface area (Å²) >= 11 is 5.98. The summed E-state index contributed by atoms with van der Waals surface area (Å²) in [6.45, 7) is 5.06. The van der Waals surface area contributed by atoms with Gasteiger partial charge >= 0.3 is 0 Å². The number of hydrogen-bond donors (Lipinski definition) is 2. The Labute approximate surface area is 131 Å². The van der Waals surface area contributed by atoms with E-state index in [0.29, 0.717) is 5.69 Å². The smallest absolute Gasteiger partial charge is 0.242 e. The molecule has 21 heavy (non-hydrogen) atoms. The zero-order valence-corrected chi connectivity index (χ0v) is 13.8. The van der Waals surface area contributed by atoms with Crippen molar-refractivity contribution in [3.63, 3.8) is 0 Å². The Morgan fingerprint density at radius 3 is 2.67 bits per heavy atom. The van der Waals surface area contributed by atoms with E-state index in [1.165, 1.54) is 12.1 Å². The second-order valence-corrected chi connectivity index (χ2v) is 7.52. The van der Waals surface area contributed by atoms with Crippen molar-refractivity contribution in [1.82, 2.24) is 9.62 Å². The molecule has 0 aliphatic carbocycles. The van der Waals surface area contributed by atoms with Gasteiger partial charge in [-0.1, -0.05) is 18.5 Å². The van der Waals surface area contributed by atoms with Gasteiger partial charge in [-0.15, -0.1) is 0 Å². The van der Waals surface area contributed by atoms with Crippen molar-refractivity contribution in [3.8, 4) is 0 Å². The summed E-state index contributed by atoms with van der Waals surface area (Å²) in [5, 5.41) is 0.195. The minimum atomic E-state index is -3.62. The van der Waals surface area contributed by atoms with Crippen molar-refractivity contribution < 1.29 is 8.42 Å². The van der Waals surface area contributed by atoms with Crippen molar-refractivity contribution in [2.75, 3.05) is 25.4 Å². The van der Waals surface area contributed by atoms with E-state index < -0.39 is 10.0 Å². The molecule has 0 bridgehead atoms. The molecule has 0 saturated carbocycles. The largest absolute Gasteiger partial charge is 0.399 e. The molecule has 5 nitrogen and oxygen atoms in total.